The summed E-state index contributed by atoms with van der Waals surface area (Å²) in [5, 5.41) is 2.73. The van der Waals surface area contributed by atoms with Gasteiger partial charge in [-0.2, -0.15) is 4.31 Å². The van der Waals surface area contributed by atoms with Gasteiger partial charge in [0.2, 0.25) is 10.0 Å². The highest BCUT2D eigenvalue weighted by Crippen LogP contribution is 2.21. The van der Waals surface area contributed by atoms with Gasteiger partial charge in [0.15, 0.2) is 0 Å². The summed E-state index contributed by atoms with van der Waals surface area (Å²) in [6.45, 7) is 3.22. The Morgan fingerprint density at radius 2 is 1.96 bits per heavy atom. The van der Waals surface area contributed by atoms with Gasteiger partial charge in [0.05, 0.1) is 4.90 Å². The van der Waals surface area contributed by atoms with Gasteiger partial charge in [0.25, 0.3) is 5.91 Å². The van der Waals surface area contributed by atoms with Crippen molar-refractivity contribution >= 4 is 28.3 Å². The third-order valence-corrected chi connectivity index (χ3v) is 5.67. The number of nitrogens with one attached hydrogen (secondary N) is 1. The van der Waals surface area contributed by atoms with E-state index in [1.807, 2.05) is 0 Å². The molecule has 1 aromatic carbocycles. The van der Waals surface area contributed by atoms with Gasteiger partial charge in [0.1, 0.15) is 0 Å². The highest BCUT2D eigenvalue weighted by molar-refractivity contribution is 7.89. The van der Waals surface area contributed by atoms with Gasteiger partial charge < -0.3 is 11.1 Å². The summed E-state index contributed by atoms with van der Waals surface area (Å²) in [6, 6.07) is 6.01. The lowest BCUT2D eigenvalue weighted by molar-refractivity contribution is 0.0941. The Morgan fingerprint density at radius 1 is 1.30 bits per heavy atom. The summed E-state index contributed by atoms with van der Waals surface area (Å²) >= 11 is 0. The van der Waals surface area contributed by atoms with Gasteiger partial charge in [-0.25, -0.2) is 8.42 Å². The SMILES string of the molecule is C[C@@H](CN)NC(=O)c1cccc(S(=O)(=O)N2CCCCC2)c1.Cl. The molecule has 2 rings (SSSR count). The molecule has 0 unspecified atom stereocenters. The van der Waals surface area contributed by atoms with E-state index in [4.69, 9.17) is 5.73 Å². The van der Waals surface area contributed by atoms with Crippen LogP contribution < -0.4 is 11.1 Å². The Labute approximate surface area is 143 Å². The predicted octanol–water partition coefficient (Wildman–Crippen LogP) is 1.36. The second-order valence-electron chi connectivity index (χ2n) is 5.60. The number of amides is 1. The maximum Gasteiger partial charge on any atom is 0.251 e. The lowest BCUT2D eigenvalue weighted by Crippen LogP contribution is -2.38. The fourth-order valence-electron chi connectivity index (χ4n) is 2.42. The largest absolute Gasteiger partial charge is 0.348 e. The summed E-state index contributed by atoms with van der Waals surface area (Å²) in [5.41, 5.74) is 5.81. The molecular formula is C15H24ClN3O3S. The quantitative estimate of drug-likeness (QED) is 0.828. The fourth-order valence-corrected chi connectivity index (χ4v) is 3.98. The molecule has 1 aliphatic heterocycles. The number of piperidine rings is 1. The van der Waals surface area contributed by atoms with Gasteiger partial charge in [-0.15, -0.1) is 12.4 Å². The molecule has 3 N–H and O–H groups in total. The Bertz CT molecular complexity index is 631. The molecule has 1 aromatic rings. The van der Waals surface area contributed by atoms with Crippen LogP contribution in [-0.2, 0) is 10.0 Å². The van der Waals surface area contributed by atoms with Crippen molar-refractivity contribution in [3.8, 4) is 0 Å². The van der Waals surface area contributed by atoms with Gasteiger partial charge >= 0.3 is 0 Å². The van der Waals surface area contributed by atoms with E-state index in [1.54, 1.807) is 19.1 Å². The molecule has 0 spiro atoms. The predicted molar refractivity (Wildman–Crippen MR) is 92.3 cm³/mol. The van der Waals surface area contributed by atoms with Crippen molar-refractivity contribution in [3.63, 3.8) is 0 Å². The fraction of sp³-hybridized carbons (Fsp3) is 0.533. The zero-order chi connectivity index (χ0) is 16.2. The Balaban J connectivity index is 0.00000264. The average Bonchev–Trinajstić information content (AvgIpc) is 2.55. The van der Waals surface area contributed by atoms with Crippen LogP contribution >= 0.6 is 12.4 Å². The second kappa shape index (κ2) is 8.63. The smallest absolute Gasteiger partial charge is 0.251 e. The monoisotopic (exact) mass is 361 g/mol. The molecule has 1 aliphatic rings. The summed E-state index contributed by atoms with van der Waals surface area (Å²) in [4.78, 5) is 12.3. The van der Waals surface area contributed by atoms with Crippen molar-refractivity contribution in [3.05, 3.63) is 29.8 Å². The normalized spacial score (nSPS) is 17.1. The number of nitrogens with two attached hydrogens (primary N) is 1. The van der Waals surface area contributed by atoms with Crippen LogP contribution in [0.5, 0.6) is 0 Å². The Kier molecular flexibility index (Phi) is 7.47. The molecule has 0 radical (unpaired) electrons. The maximum atomic E-state index is 12.6. The summed E-state index contributed by atoms with van der Waals surface area (Å²) in [6.07, 6.45) is 2.83. The van der Waals surface area contributed by atoms with Gasteiger partial charge in [-0.1, -0.05) is 12.5 Å². The number of benzene rings is 1. The minimum absolute atomic E-state index is 0. The number of nitrogens with zero attached hydrogens (tertiary/aromatic N) is 1. The zero-order valence-electron chi connectivity index (χ0n) is 13.2. The van der Waals surface area contributed by atoms with Gasteiger partial charge in [0, 0.05) is 31.2 Å². The summed E-state index contributed by atoms with van der Waals surface area (Å²) < 4.78 is 26.7. The van der Waals surface area contributed by atoms with Crippen LogP contribution in [0.2, 0.25) is 0 Å². The lowest BCUT2D eigenvalue weighted by atomic mass is 10.2. The Morgan fingerprint density at radius 3 is 2.57 bits per heavy atom. The summed E-state index contributed by atoms with van der Waals surface area (Å²) in [7, 11) is -3.52. The number of carbonyl (C=O) groups excluding carboxylic acids is 1. The molecule has 0 aliphatic carbocycles. The summed E-state index contributed by atoms with van der Waals surface area (Å²) in [5.74, 6) is -0.311. The van der Waals surface area contributed by atoms with Gasteiger partial charge in [-0.05, 0) is 38.0 Å². The standard InChI is InChI=1S/C15H23N3O3S.ClH/c1-12(11-16)17-15(19)13-6-5-7-14(10-13)22(20,21)18-8-3-2-4-9-18;/h5-7,10,12H,2-4,8-9,11,16H2,1H3,(H,17,19);1H/t12-;/m0./s1. The van der Waals surface area contributed by atoms with E-state index in [9.17, 15) is 13.2 Å². The highest BCUT2D eigenvalue weighted by Gasteiger charge is 2.26. The number of carbonyl (C=O) groups is 1. The third kappa shape index (κ3) is 4.91. The van der Waals surface area contributed by atoms with E-state index in [0.29, 0.717) is 25.2 Å². The van der Waals surface area contributed by atoms with Crippen molar-refractivity contribution in [2.24, 2.45) is 5.73 Å². The van der Waals surface area contributed by atoms with E-state index in [1.165, 1.54) is 16.4 Å². The molecule has 130 valence electrons. The topological polar surface area (TPSA) is 92.5 Å². The number of hydrogen-bond acceptors (Lipinski definition) is 4. The first-order valence-corrected chi connectivity index (χ1v) is 9.00. The number of halogens is 1. The van der Waals surface area contributed by atoms with Crippen LogP contribution in [0.4, 0.5) is 0 Å². The average molecular weight is 362 g/mol. The minimum Gasteiger partial charge on any atom is -0.348 e. The van der Waals surface area contributed by atoms with E-state index in [2.05, 4.69) is 5.32 Å². The second-order valence-corrected chi connectivity index (χ2v) is 7.54. The molecule has 8 heteroatoms. The van der Waals surface area contributed by atoms with Crippen LogP contribution in [0.1, 0.15) is 36.5 Å². The molecule has 0 aromatic heterocycles. The molecule has 1 fully saturated rings. The molecule has 0 bridgehead atoms. The molecule has 0 saturated carbocycles. The van der Waals surface area contributed by atoms with Crippen LogP contribution in [0.15, 0.2) is 29.2 Å². The van der Waals surface area contributed by atoms with Crippen molar-refractivity contribution in [2.45, 2.75) is 37.1 Å². The molecule has 1 atom stereocenters. The zero-order valence-corrected chi connectivity index (χ0v) is 14.8. The minimum atomic E-state index is -3.52. The van der Waals surface area contributed by atoms with Crippen molar-refractivity contribution in [1.29, 1.82) is 0 Å². The van der Waals surface area contributed by atoms with Crippen molar-refractivity contribution in [1.82, 2.24) is 9.62 Å². The van der Waals surface area contributed by atoms with E-state index >= 15 is 0 Å². The van der Waals surface area contributed by atoms with E-state index in [0.717, 1.165) is 19.3 Å². The lowest BCUT2D eigenvalue weighted by Gasteiger charge is -2.26. The van der Waals surface area contributed by atoms with E-state index in [-0.39, 0.29) is 29.3 Å². The molecule has 1 saturated heterocycles. The van der Waals surface area contributed by atoms with Crippen LogP contribution in [-0.4, -0.2) is 44.3 Å². The van der Waals surface area contributed by atoms with Crippen LogP contribution in [0, 0.1) is 0 Å². The molecule has 1 heterocycles. The Hall–Kier alpha value is -1.15. The third-order valence-electron chi connectivity index (χ3n) is 3.78. The molecule has 1 amide bonds. The maximum absolute atomic E-state index is 12.6. The van der Waals surface area contributed by atoms with E-state index < -0.39 is 10.0 Å². The van der Waals surface area contributed by atoms with Crippen molar-refractivity contribution < 1.29 is 13.2 Å². The molecular weight excluding hydrogens is 338 g/mol. The number of rotatable bonds is 5. The van der Waals surface area contributed by atoms with Crippen LogP contribution in [0.3, 0.4) is 0 Å². The highest BCUT2D eigenvalue weighted by atomic mass is 35.5. The first-order chi connectivity index (χ1) is 10.4. The number of hydrogen-bond donors (Lipinski definition) is 2. The molecule has 23 heavy (non-hydrogen) atoms. The van der Waals surface area contributed by atoms with Crippen LogP contribution in [0.25, 0.3) is 0 Å². The number of sulfonamides is 1. The molecule has 6 nitrogen and oxygen atoms in total. The van der Waals surface area contributed by atoms with Gasteiger partial charge in [-0.3, -0.25) is 4.79 Å². The first kappa shape index (κ1) is 19.9. The van der Waals surface area contributed by atoms with Crippen molar-refractivity contribution in [2.75, 3.05) is 19.6 Å². The first-order valence-electron chi connectivity index (χ1n) is 7.56.